The van der Waals surface area contributed by atoms with Gasteiger partial charge in [0.25, 0.3) is 0 Å². The molecule has 220 valence electrons. The Morgan fingerprint density at radius 2 is 2.00 bits per heavy atom. The van der Waals surface area contributed by atoms with Crippen LogP contribution in [0.4, 0.5) is 11.4 Å². The van der Waals surface area contributed by atoms with Crippen molar-refractivity contribution in [1.29, 1.82) is 0 Å². The van der Waals surface area contributed by atoms with Gasteiger partial charge >= 0.3 is 0 Å². The van der Waals surface area contributed by atoms with E-state index < -0.39 is 22.1 Å². The number of nitrogens with two attached hydrogens (primary N) is 1. The van der Waals surface area contributed by atoms with Crippen LogP contribution < -0.4 is 21.1 Å². The first-order valence-electron chi connectivity index (χ1n) is 14.2. The molecule has 9 nitrogen and oxygen atoms in total. The zero-order valence-electron chi connectivity index (χ0n) is 23.6. The van der Waals surface area contributed by atoms with Crippen LogP contribution in [0.3, 0.4) is 0 Å². The molecule has 0 saturated carbocycles. The number of nitrogens with one attached hydrogen (secondary N) is 3. The lowest BCUT2D eigenvalue weighted by Crippen LogP contribution is -2.52. The van der Waals surface area contributed by atoms with E-state index in [4.69, 9.17) is 5.73 Å². The molecule has 0 aliphatic carbocycles. The molecule has 3 atom stereocenters. The number of carbonyl (C=O) groups excluding carboxylic acids is 2. The monoisotopic (exact) mass is 597 g/mol. The van der Waals surface area contributed by atoms with Crippen molar-refractivity contribution < 1.29 is 18.0 Å². The Labute approximate surface area is 246 Å². The summed E-state index contributed by atoms with van der Waals surface area (Å²) in [5.41, 5.74) is 7.97. The lowest BCUT2D eigenvalue weighted by atomic mass is 9.86. The minimum atomic E-state index is -4.20. The van der Waals surface area contributed by atoms with Gasteiger partial charge < -0.3 is 16.4 Å². The molecule has 0 bridgehead atoms. The maximum atomic E-state index is 14.0. The lowest BCUT2D eigenvalue weighted by molar-refractivity contribution is -0.123. The molecule has 4 rings (SSSR count). The lowest BCUT2D eigenvalue weighted by Gasteiger charge is -2.31. The van der Waals surface area contributed by atoms with Crippen LogP contribution in [0.15, 0.2) is 58.9 Å². The summed E-state index contributed by atoms with van der Waals surface area (Å²) < 4.78 is 30.7. The summed E-state index contributed by atoms with van der Waals surface area (Å²) >= 11 is 1.45. The Balaban J connectivity index is 1.63. The van der Waals surface area contributed by atoms with Crippen LogP contribution in [0.25, 0.3) is 10.4 Å². The summed E-state index contributed by atoms with van der Waals surface area (Å²) in [7, 11) is -4.20. The number of nitrogens with zero attached hydrogens (tertiary/aromatic N) is 1. The SMILES string of the molecule is CCC(=O)Nc1c(-c2cccs2)cccc1S(=O)(=O)N[C@@H](CCCc1ccc(N)cn1)C(=O)C1CC(CC)CCN1. The first-order valence-corrected chi connectivity index (χ1v) is 16.5. The van der Waals surface area contributed by atoms with Crippen LogP contribution in [-0.2, 0) is 26.0 Å². The number of sulfonamides is 1. The Kier molecular flexibility index (Phi) is 10.7. The van der Waals surface area contributed by atoms with Gasteiger partial charge in [0.1, 0.15) is 4.90 Å². The van der Waals surface area contributed by atoms with Crippen molar-refractivity contribution in [3.63, 3.8) is 0 Å². The number of aryl methyl sites for hydroxylation is 1. The molecule has 1 amide bonds. The van der Waals surface area contributed by atoms with Gasteiger partial charge in [-0.05, 0) is 74.2 Å². The van der Waals surface area contributed by atoms with Gasteiger partial charge in [0.15, 0.2) is 5.78 Å². The fourth-order valence-corrected chi connectivity index (χ4v) is 7.34. The predicted molar refractivity (Wildman–Crippen MR) is 164 cm³/mol. The maximum Gasteiger partial charge on any atom is 0.243 e. The zero-order valence-corrected chi connectivity index (χ0v) is 25.2. The largest absolute Gasteiger partial charge is 0.397 e. The molecule has 1 aliphatic rings. The molecule has 2 aromatic heterocycles. The molecule has 2 unspecified atom stereocenters. The molecule has 0 radical (unpaired) electrons. The molecule has 1 aliphatic heterocycles. The van der Waals surface area contributed by atoms with Gasteiger partial charge in [-0.25, -0.2) is 13.1 Å². The topological polar surface area (TPSA) is 143 Å². The van der Waals surface area contributed by atoms with Crippen LogP contribution >= 0.6 is 11.3 Å². The van der Waals surface area contributed by atoms with Crippen LogP contribution in [0.5, 0.6) is 0 Å². The summed E-state index contributed by atoms with van der Waals surface area (Å²) in [5.74, 6) is -0.0450. The molecular weight excluding hydrogens is 558 g/mol. The van der Waals surface area contributed by atoms with Crippen LogP contribution in [0, 0.1) is 5.92 Å². The molecular formula is C30H39N5O4S2. The number of hydrogen-bond acceptors (Lipinski definition) is 8. The third kappa shape index (κ3) is 8.00. The maximum absolute atomic E-state index is 14.0. The minimum absolute atomic E-state index is 0.0637. The van der Waals surface area contributed by atoms with E-state index in [2.05, 4.69) is 27.3 Å². The quantitative estimate of drug-likeness (QED) is 0.222. The number of rotatable bonds is 13. The van der Waals surface area contributed by atoms with Gasteiger partial charge in [-0.1, -0.05) is 38.5 Å². The molecule has 41 heavy (non-hydrogen) atoms. The number of pyridine rings is 1. The smallest absolute Gasteiger partial charge is 0.243 e. The van der Waals surface area contributed by atoms with Gasteiger partial charge in [-0.15, -0.1) is 11.3 Å². The minimum Gasteiger partial charge on any atom is -0.397 e. The molecule has 3 heterocycles. The first kappa shape index (κ1) is 30.8. The van der Waals surface area contributed by atoms with Gasteiger partial charge in [0, 0.05) is 22.6 Å². The van der Waals surface area contributed by atoms with E-state index in [0.29, 0.717) is 42.9 Å². The second kappa shape index (κ2) is 14.2. The van der Waals surface area contributed by atoms with Crippen molar-refractivity contribution in [2.45, 2.75) is 75.8 Å². The molecule has 0 spiro atoms. The van der Waals surface area contributed by atoms with Crippen molar-refractivity contribution in [3.8, 4) is 10.4 Å². The number of benzene rings is 1. The van der Waals surface area contributed by atoms with E-state index >= 15 is 0 Å². The highest BCUT2D eigenvalue weighted by Crippen LogP contribution is 2.36. The van der Waals surface area contributed by atoms with Crippen molar-refractivity contribution in [2.75, 3.05) is 17.6 Å². The molecule has 3 aromatic rings. The van der Waals surface area contributed by atoms with Crippen molar-refractivity contribution >= 4 is 44.4 Å². The normalized spacial score (nSPS) is 18.1. The van der Waals surface area contributed by atoms with E-state index in [0.717, 1.165) is 30.0 Å². The fraction of sp³-hybridized carbons (Fsp3) is 0.433. The Morgan fingerprint density at radius 1 is 1.17 bits per heavy atom. The fourth-order valence-electron chi connectivity index (χ4n) is 5.16. The predicted octanol–water partition coefficient (Wildman–Crippen LogP) is 4.76. The third-order valence-electron chi connectivity index (χ3n) is 7.54. The van der Waals surface area contributed by atoms with Crippen molar-refractivity contribution in [1.82, 2.24) is 15.0 Å². The number of thiophene rings is 1. The first-order chi connectivity index (χ1) is 19.7. The van der Waals surface area contributed by atoms with Crippen LogP contribution in [-0.4, -0.2) is 43.7 Å². The second-order valence-electron chi connectivity index (χ2n) is 10.4. The van der Waals surface area contributed by atoms with Crippen molar-refractivity contribution in [2.24, 2.45) is 5.92 Å². The average molecular weight is 598 g/mol. The molecule has 1 fully saturated rings. The van der Waals surface area contributed by atoms with Crippen LogP contribution in [0.2, 0.25) is 0 Å². The molecule has 5 N–H and O–H groups in total. The summed E-state index contributed by atoms with van der Waals surface area (Å²) in [6, 6.07) is 10.9. The van der Waals surface area contributed by atoms with E-state index in [1.807, 2.05) is 23.6 Å². The summed E-state index contributed by atoms with van der Waals surface area (Å²) in [4.78, 5) is 31.4. The van der Waals surface area contributed by atoms with Crippen molar-refractivity contribution in [3.05, 3.63) is 59.7 Å². The number of piperidine rings is 1. The summed E-state index contributed by atoms with van der Waals surface area (Å²) in [6.45, 7) is 4.55. The number of ketones is 1. The van der Waals surface area contributed by atoms with E-state index in [9.17, 15) is 18.0 Å². The molecule has 1 saturated heterocycles. The number of para-hydroxylation sites is 1. The Morgan fingerprint density at radius 3 is 2.68 bits per heavy atom. The molecule has 1 aromatic carbocycles. The van der Waals surface area contributed by atoms with E-state index in [1.54, 1.807) is 31.3 Å². The van der Waals surface area contributed by atoms with Gasteiger partial charge in [0.2, 0.25) is 15.9 Å². The van der Waals surface area contributed by atoms with E-state index in [-0.39, 0.29) is 28.7 Å². The average Bonchev–Trinajstić information content (AvgIpc) is 3.52. The molecule has 11 heteroatoms. The van der Waals surface area contributed by atoms with Gasteiger partial charge in [-0.2, -0.15) is 0 Å². The zero-order chi connectivity index (χ0) is 29.4. The second-order valence-corrected chi connectivity index (χ2v) is 13.0. The van der Waals surface area contributed by atoms with Crippen LogP contribution in [0.1, 0.15) is 58.1 Å². The highest BCUT2D eigenvalue weighted by Gasteiger charge is 2.34. The summed E-state index contributed by atoms with van der Waals surface area (Å²) in [6.07, 6.45) is 5.86. The number of amides is 1. The highest BCUT2D eigenvalue weighted by atomic mass is 32.2. The number of Topliss-reactive ketones (excluding diaryl/α,β-unsaturated/α-hetero) is 1. The van der Waals surface area contributed by atoms with Gasteiger partial charge in [0.05, 0.1) is 29.7 Å². The summed E-state index contributed by atoms with van der Waals surface area (Å²) in [5, 5.41) is 8.01. The third-order valence-corrected chi connectivity index (χ3v) is 9.95. The van der Waals surface area contributed by atoms with Gasteiger partial charge in [-0.3, -0.25) is 14.6 Å². The van der Waals surface area contributed by atoms with E-state index in [1.165, 1.54) is 17.4 Å². The number of hydrogen-bond donors (Lipinski definition) is 4. The highest BCUT2D eigenvalue weighted by molar-refractivity contribution is 7.89. The number of carbonyl (C=O) groups is 2. The number of aromatic nitrogens is 1. The standard InChI is InChI=1S/C30H39N5O4S2/c1-3-20-15-16-32-25(18-20)30(37)24(10-5-8-22-14-13-21(31)19-33-22)35-41(38,39)27-12-6-9-23(26-11-7-17-40-26)29(27)34-28(36)4-2/h6-7,9,11-14,17,19-20,24-25,32,35H,3-5,8,10,15-16,18,31H2,1-2H3,(H,34,36)/t20?,24-,25?/m0/s1. The Hall–Kier alpha value is -3.12. The number of anilines is 2. The Bertz CT molecular complexity index is 1430. The number of nitrogen functional groups attached to an aromatic ring is 1.